The molecular formula is C20H30O3. The first-order chi connectivity index (χ1) is 11.0. The smallest absolute Gasteiger partial charge is 0.309 e. The van der Waals surface area contributed by atoms with E-state index < -0.39 is 0 Å². The van der Waals surface area contributed by atoms with Crippen molar-refractivity contribution >= 4 is 5.97 Å². The Morgan fingerprint density at radius 1 is 1.22 bits per heavy atom. The van der Waals surface area contributed by atoms with Gasteiger partial charge in [0.15, 0.2) is 0 Å². The summed E-state index contributed by atoms with van der Waals surface area (Å²) in [7, 11) is 0. The van der Waals surface area contributed by atoms with Crippen LogP contribution in [0.5, 0.6) is 5.75 Å². The van der Waals surface area contributed by atoms with E-state index in [0.717, 1.165) is 37.7 Å². The Morgan fingerprint density at radius 2 is 1.83 bits per heavy atom. The van der Waals surface area contributed by atoms with Crippen LogP contribution in [0, 0.1) is 5.92 Å². The third-order valence-electron chi connectivity index (χ3n) is 5.40. The number of hydrogen-bond donors (Lipinski definition) is 1. The second-order valence-corrected chi connectivity index (χ2v) is 7.00. The molecule has 128 valence electrons. The van der Waals surface area contributed by atoms with Gasteiger partial charge in [0.2, 0.25) is 0 Å². The van der Waals surface area contributed by atoms with Crippen LogP contribution in [0.25, 0.3) is 0 Å². The van der Waals surface area contributed by atoms with Crippen LogP contribution in [-0.4, -0.2) is 16.7 Å². The maximum Gasteiger partial charge on any atom is 0.309 e. The normalized spacial score (nSPS) is 19.3. The molecule has 1 saturated carbocycles. The topological polar surface area (TPSA) is 46.5 Å². The molecule has 3 heteroatoms. The maximum absolute atomic E-state index is 12.7. The predicted octanol–water partition coefficient (Wildman–Crippen LogP) is 5.18. The van der Waals surface area contributed by atoms with Gasteiger partial charge in [-0.05, 0) is 68.6 Å². The zero-order valence-electron chi connectivity index (χ0n) is 14.7. The number of phenols is 1. The minimum Gasteiger partial charge on any atom is -0.508 e. The average molecular weight is 318 g/mol. The lowest BCUT2D eigenvalue weighted by molar-refractivity contribution is -0.165. The first-order valence-electron chi connectivity index (χ1n) is 9.01. The molecule has 0 radical (unpaired) electrons. The fraction of sp³-hybridized carbons (Fsp3) is 0.650. The van der Waals surface area contributed by atoms with Gasteiger partial charge in [-0.3, -0.25) is 4.79 Å². The average Bonchev–Trinajstić information content (AvgIpc) is 3.02. The molecule has 0 bridgehead atoms. The summed E-state index contributed by atoms with van der Waals surface area (Å²) in [6.07, 6.45) is 6.88. The van der Waals surface area contributed by atoms with Crippen LogP contribution in [0.4, 0.5) is 0 Å². The van der Waals surface area contributed by atoms with Crippen molar-refractivity contribution in [2.45, 2.75) is 77.2 Å². The molecule has 0 heterocycles. The van der Waals surface area contributed by atoms with Gasteiger partial charge in [0.25, 0.3) is 0 Å². The Balaban J connectivity index is 1.98. The number of aromatic hydroxyl groups is 1. The van der Waals surface area contributed by atoms with Crippen molar-refractivity contribution in [1.82, 2.24) is 0 Å². The van der Waals surface area contributed by atoms with Crippen LogP contribution in [0.2, 0.25) is 0 Å². The molecular weight excluding hydrogens is 288 g/mol. The number of carbonyl (C=O) groups is 1. The Hall–Kier alpha value is -1.51. The van der Waals surface area contributed by atoms with E-state index in [-0.39, 0.29) is 29.2 Å². The highest BCUT2D eigenvalue weighted by molar-refractivity contribution is 5.73. The van der Waals surface area contributed by atoms with Gasteiger partial charge in [0.05, 0.1) is 5.92 Å². The van der Waals surface area contributed by atoms with Gasteiger partial charge in [-0.15, -0.1) is 0 Å². The standard InChI is InChI=1S/C20H30O3/c1-4-16(14-15(3)17-8-10-18(21)11-9-17)19(22)23-20(5-2)12-6-7-13-20/h8-11,15-16,21H,4-7,12-14H2,1-3H3. The number of phenolic OH excluding ortho intramolecular Hbond substituents is 1. The largest absolute Gasteiger partial charge is 0.508 e. The van der Waals surface area contributed by atoms with Gasteiger partial charge < -0.3 is 9.84 Å². The second kappa shape index (κ2) is 7.85. The number of hydrogen-bond acceptors (Lipinski definition) is 3. The summed E-state index contributed by atoms with van der Waals surface area (Å²) in [5.74, 6) is 0.470. The highest BCUT2D eigenvalue weighted by Gasteiger charge is 2.37. The first-order valence-corrected chi connectivity index (χ1v) is 9.01. The van der Waals surface area contributed by atoms with E-state index in [4.69, 9.17) is 4.74 Å². The Labute approximate surface area is 140 Å². The molecule has 0 spiro atoms. The summed E-state index contributed by atoms with van der Waals surface area (Å²) >= 11 is 0. The summed E-state index contributed by atoms with van der Waals surface area (Å²) in [6, 6.07) is 7.27. The van der Waals surface area contributed by atoms with Crippen molar-refractivity contribution in [2.24, 2.45) is 5.92 Å². The van der Waals surface area contributed by atoms with Gasteiger partial charge in [0.1, 0.15) is 11.4 Å². The summed E-state index contributed by atoms with van der Waals surface area (Å²) in [5.41, 5.74) is 0.951. The number of esters is 1. The number of carbonyl (C=O) groups excluding carboxylic acids is 1. The molecule has 1 fully saturated rings. The summed E-state index contributed by atoms with van der Waals surface area (Å²) in [6.45, 7) is 6.31. The van der Waals surface area contributed by atoms with Crippen molar-refractivity contribution in [3.8, 4) is 5.75 Å². The SMILES string of the molecule is CCC(CC(C)c1ccc(O)cc1)C(=O)OC1(CC)CCCC1. The zero-order valence-corrected chi connectivity index (χ0v) is 14.7. The minimum absolute atomic E-state index is 0.0260. The lowest BCUT2D eigenvalue weighted by Gasteiger charge is -2.30. The summed E-state index contributed by atoms with van der Waals surface area (Å²) in [4.78, 5) is 12.7. The third-order valence-corrected chi connectivity index (χ3v) is 5.40. The van der Waals surface area contributed by atoms with Gasteiger partial charge in [-0.25, -0.2) is 0 Å². The molecule has 23 heavy (non-hydrogen) atoms. The van der Waals surface area contributed by atoms with Crippen LogP contribution < -0.4 is 0 Å². The Kier molecular flexibility index (Phi) is 6.09. The Morgan fingerprint density at radius 3 is 2.35 bits per heavy atom. The molecule has 3 nitrogen and oxygen atoms in total. The van der Waals surface area contributed by atoms with Crippen molar-refractivity contribution in [3.05, 3.63) is 29.8 Å². The lowest BCUT2D eigenvalue weighted by atomic mass is 9.88. The van der Waals surface area contributed by atoms with Crippen molar-refractivity contribution in [2.75, 3.05) is 0 Å². The van der Waals surface area contributed by atoms with Gasteiger partial charge in [-0.1, -0.05) is 32.9 Å². The van der Waals surface area contributed by atoms with Crippen LogP contribution in [0.15, 0.2) is 24.3 Å². The number of benzene rings is 1. The molecule has 1 aromatic carbocycles. The van der Waals surface area contributed by atoms with E-state index in [9.17, 15) is 9.90 Å². The molecule has 2 atom stereocenters. The number of rotatable bonds is 7. The molecule has 0 aromatic heterocycles. The molecule has 2 rings (SSSR count). The summed E-state index contributed by atoms with van der Waals surface area (Å²) < 4.78 is 5.98. The Bertz CT molecular complexity index is 500. The van der Waals surface area contributed by atoms with Crippen LogP contribution >= 0.6 is 0 Å². The zero-order chi connectivity index (χ0) is 16.9. The molecule has 0 saturated heterocycles. The molecule has 1 aliphatic rings. The van der Waals surface area contributed by atoms with E-state index in [0.29, 0.717) is 0 Å². The van der Waals surface area contributed by atoms with E-state index in [2.05, 4.69) is 20.8 Å². The third kappa shape index (κ3) is 4.49. The monoisotopic (exact) mass is 318 g/mol. The fourth-order valence-electron chi connectivity index (χ4n) is 3.64. The van der Waals surface area contributed by atoms with E-state index in [1.54, 1.807) is 12.1 Å². The van der Waals surface area contributed by atoms with Gasteiger partial charge in [0, 0.05) is 0 Å². The maximum atomic E-state index is 12.7. The first kappa shape index (κ1) is 17.8. The summed E-state index contributed by atoms with van der Waals surface area (Å²) in [5, 5.41) is 9.40. The van der Waals surface area contributed by atoms with Crippen LogP contribution in [0.3, 0.4) is 0 Å². The molecule has 1 aromatic rings. The predicted molar refractivity (Wildman–Crippen MR) is 92.5 cm³/mol. The van der Waals surface area contributed by atoms with E-state index in [1.807, 2.05) is 12.1 Å². The van der Waals surface area contributed by atoms with Crippen molar-refractivity contribution < 1.29 is 14.6 Å². The highest BCUT2D eigenvalue weighted by atomic mass is 16.6. The molecule has 0 aliphatic heterocycles. The van der Waals surface area contributed by atoms with E-state index >= 15 is 0 Å². The molecule has 1 N–H and O–H groups in total. The molecule has 2 unspecified atom stereocenters. The number of ether oxygens (including phenoxy) is 1. The highest BCUT2D eigenvalue weighted by Crippen LogP contribution is 2.37. The lowest BCUT2D eigenvalue weighted by Crippen LogP contribution is -2.34. The van der Waals surface area contributed by atoms with E-state index in [1.165, 1.54) is 12.8 Å². The molecule has 0 amide bonds. The fourth-order valence-corrected chi connectivity index (χ4v) is 3.64. The second-order valence-electron chi connectivity index (χ2n) is 7.00. The van der Waals surface area contributed by atoms with Crippen molar-refractivity contribution in [3.63, 3.8) is 0 Å². The minimum atomic E-state index is -0.202. The van der Waals surface area contributed by atoms with Crippen molar-refractivity contribution in [1.29, 1.82) is 0 Å². The quantitative estimate of drug-likeness (QED) is 0.705. The molecule has 1 aliphatic carbocycles. The van der Waals surface area contributed by atoms with Crippen LogP contribution in [-0.2, 0) is 9.53 Å². The van der Waals surface area contributed by atoms with Gasteiger partial charge >= 0.3 is 5.97 Å². The van der Waals surface area contributed by atoms with Crippen LogP contribution in [0.1, 0.15) is 77.2 Å². The van der Waals surface area contributed by atoms with Gasteiger partial charge in [-0.2, -0.15) is 0 Å².